The lowest BCUT2D eigenvalue weighted by Crippen LogP contribution is -2.43. The molecular formula is C29H28ClN5O3S. The van der Waals surface area contributed by atoms with Crippen molar-refractivity contribution >= 4 is 52.2 Å². The summed E-state index contributed by atoms with van der Waals surface area (Å²) in [5, 5.41) is 6.38. The molecule has 2 aliphatic rings. The summed E-state index contributed by atoms with van der Waals surface area (Å²) in [6, 6.07) is 15.7. The number of fused-ring (bicyclic) bond motifs is 1. The second-order valence-corrected chi connectivity index (χ2v) is 10.8. The summed E-state index contributed by atoms with van der Waals surface area (Å²) < 4.78 is 1.93. The van der Waals surface area contributed by atoms with Gasteiger partial charge in [-0.05, 0) is 63.6 Å². The highest BCUT2D eigenvalue weighted by molar-refractivity contribution is 7.07. The fraction of sp³-hybridized carbons (Fsp3) is 0.276. The highest BCUT2D eigenvalue weighted by Gasteiger charge is 2.36. The molecule has 3 aromatic rings. The Morgan fingerprint density at radius 3 is 2.36 bits per heavy atom. The zero-order chi connectivity index (χ0) is 27.8. The molecule has 1 aromatic heterocycles. The summed E-state index contributed by atoms with van der Waals surface area (Å²) in [4.78, 5) is 47.8. The Morgan fingerprint density at radius 1 is 1.05 bits per heavy atom. The van der Waals surface area contributed by atoms with Crippen LogP contribution >= 0.6 is 22.9 Å². The van der Waals surface area contributed by atoms with Gasteiger partial charge in [0.05, 0.1) is 33.2 Å². The van der Waals surface area contributed by atoms with Crippen LogP contribution in [0.25, 0.3) is 6.08 Å². The van der Waals surface area contributed by atoms with Gasteiger partial charge in [-0.25, -0.2) is 4.99 Å². The van der Waals surface area contributed by atoms with Crippen molar-refractivity contribution in [1.82, 2.24) is 9.47 Å². The second-order valence-electron chi connectivity index (χ2n) is 9.34. The van der Waals surface area contributed by atoms with Gasteiger partial charge in [0.25, 0.3) is 17.4 Å². The zero-order valence-electron chi connectivity index (χ0n) is 22.1. The lowest BCUT2D eigenvalue weighted by atomic mass is 9.94. The Labute approximate surface area is 234 Å². The number of para-hydroxylation sites is 1. The number of anilines is 1. The molecule has 0 radical (unpaired) electrons. The Hall–Kier alpha value is -3.82. The highest BCUT2D eigenvalue weighted by Crippen LogP contribution is 2.32. The summed E-state index contributed by atoms with van der Waals surface area (Å²) in [5.41, 5.74) is 2.71. The van der Waals surface area contributed by atoms with E-state index >= 15 is 0 Å². The van der Waals surface area contributed by atoms with E-state index in [2.05, 4.69) is 5.10 Å². The van der Waals surface area contributed by atoms with Crippen LogP contribution in [0.2, 0.25) is 5.02 Å². The van der Waals surface area contributed by atoms with Crippen molar-refractivity contribution in [2.45, 2.75) is 33.7 Å². The quantitative estimate of drug-likeness (QED) is 0.459. The predicted octanol–water partition coefficient (Wildman–Crippen LogP) is 3.75. The third-order valence-corrected chi connectivity index (χ3v) is 8.24. The third-order valence-electron chi connectivity index (χ3n) is 6.99. The zero-order valence-corrected chi connectivity index (χ0v) is 23.7. The lowest BCUT2D eigenvalue weighted by molar-refractivity contribution is -0.127. The maximum atomic E-state index is 13.9. The van der Waals surface area contributed by atoms with Crippen molar-refractivity contribution in [2.75, 3.05) is 18.1 Å². The molecule has 5 rings (SSSR count). The van der Waals surface area contributed by atoms with E-state index in [-0.39, 0.29) is 17.4 Å². The number of halogens is 1. The van der Waals surface area contributed by atoms with Crippen LogP contribution in [0.5, 0.6) is 0 Å². The first-order valence-electron chi connectivity index (χ1n) is 12.8. The molecule has 200 valence electrons. The first-order valence-corrected chi connectivity index (χ1v) is 14.0. The van der Waals surface area contributed by atoms with E-state index in [9.17, 15) is 14.4 Å². The number of nitrogens with zero attached hydrogens (tertiary/aromatic N) is 5. The minimum absolute atomic E-state index is 0.164. The molecule has 8 nitrogen and oxygen atoms in total. The topological polar surface area (TPSA) is 87.3 Å². The van der Waals surface area contributed by atoms with Crippen molar-refractivity contribution in [1.29, 1.82) is 0 Å². The summed E-state index contributed by atoms with van der Waals surface area (Å²) in [5.74, 6) is -1.08. The Balaban J connectivity index is 1.64. The smallest absolute Gasteiger partial charge is 0.270 e. The molecule has 2 aliphatic heterocycles. The number of thiazole rings is 1. The van der Waals surface area contributed by atoms with Gasteiger partial charge in [0, 0.05) is 18.1 Å². The number of allylic oxidation sites excluding steroid dienone is 1. The number of rotatable bonds is 6. The molecule has 0 N–H and O–H groups in total. The molecule has 2 atom stereocenters. The number of hydrazone groups is 1. The number of benzene rings is 2. The Morgan fingerprint density at radius 2 is 1.72 bits per heavy atom. The summed E-state index contributed by atoms with van der Waals surface area (Å²) in [6.07, 6.45) is 1.66. The Bertz CT molecular complexity index is 1680. The van der Waals surface area contributed by atoms with Gasteiger partial charge in [0.15, 0.2) is 4.80 Å². The van der Waals surface area contributed by atoms with E-state index in [0.29, 0.717) is 50.1 Å². The first-order chi connectivity index (χ1) is 18.7. The van der Waals surface area contributed by atoms with Crippen LogP contribution in [-0.4, -0.2) is 40.1 Å². The third kappa shape index (κ3) is 4.77. The van der Waals surface area contributed by atoms with Crippen molar-refractivity contribution in [3.63, 3.8) is 0 Å². The average molecular weight is 562 g/mol. The fourth-order valence-electron chi connectivity index (χ4n) is 4.93. The molecule has 0 aliphatic carbocycles. The van der Waals surface area contributed by atoms with Crippen LogP contribution in [0.4, 0.5) is 5.69 Å². The van der Waals surface area contributed by atoms with Crippen LogP contribution < -0.4 is 19.9 Å². The molecule has 0 fully saturated rings. The number of hydrogen-bond donors (Lipinski definition) is 0. The van der Waals surface area contributed by atoms with Gasteiger partial charge < -0.3 is 4.90 Å². The number of carbonyl (C=O) groups is 2. The predicted molar refractivity (Wildman–Crippen MR) is 155 cm³/mol. The molecule has 2 amide bonds. The average Bonchev–Trinajstić information content (AvgIpc) is 3.39. The highest BCUT2D eigenvalue weighted by atomic mass is 35.5. The number of likely N-dealkylation sites (N-methyl/N-ethyl adjacent to an activating group) is 1. The van der Waals surface area contributed by atoms with Gasteiger partial charge in [-0.15, -0.1) is 0 Å². The van der Waals surface area contributed by atoms with Crippen LogP contribution in [-0.2, 0) is 9.59 Å². The van der Waals surface area contributed by atoms with E-state index in [1.807, 2.05) is 56.3 Å². The molecule has 0 bridgehead atoms. The molecule has 2 unspecified atom stereocenters. The van der Waals surface area contributed by atoms with Crippen LogP contribution in [0.1, 0.15) is 39.3 Å². The molecule has 2 aromatic carbocycles. The molecule has 10 heteroatoms. The number of amides is 2. The molecule has 0 saturated carbocycles. The molecule has 3 heterocycles. The monoisotopic (exact) mass is 561 g/mol. The molecule has 0 saturated heterocycles. The van der Waals surface area contributed by atoms with Crippen molar-refractivity contribution in [2.24, 2.45) is 16.0 Å². The van der Waals surface area contributed by atoms with Crippen molar-refractivity contribution < 1.29 is 9.59 Å². The van der Waals surface area contributed by atoms with E-state index in [1.54, 1.807) is 41.5 Å². The number of carbonyl (C=O) groups excluding carboxylic acids is 2. The van der Waals surface area contributed by atoms with Gasteiger partial charge in [-0.2, -0.15) is 10.1 Å². The van der Waals surface area contributed by atoms with E-state index in [4.69, 9.17) is 16.6 Å². The van der Waals surface area contributed by atoms with Gasteiger partial charge >= 0.3 is 0 Å². The minimum Gasteiger partial charge on any atom is -0.339 e. The van der Waals surface area contributed by atoms with E-state index in [0.717, 1.165) is 5.56 Å². The Kier molecular flexibility index (Phi) is 7.38. The van der Waals surface area contributed by atoms with Crippen LogP contribution in [0.15, 0.2) is 80.8 Å². The molecular weight excluding hydrogens is 534 g/mol. The van der Waals surface area contributed by atoms with Crippen molar-refractivity contribution in [3.05, 3.63) is 96.1 Å². The second kappa shape index (κ2) is 10.7. The summed E-state index contributed by atoms with van der Waals surface area (Å²) in [7, 11) is 0. The first kappa shape index (κ1) is 26.8. The van der Waals surface area contributed by atoms with Gasteiger partial charge in [0.1, 0.15) is 5.92 Å². The van der Waals surface area contributed by atoms with E-state index < -0.39 is 12.0 Å². The number of hydrogen-bond acceptors (Lipinski definition) is 6. The molecule has 39 heavy (non-hydrogen) atoms. The normalized spacial score (nSPS) is 19.2. The SMILES string of the molecule is CCN(CC)C(=O)C1=C(C)N=c2s/c(=C\C3C(=O)N(c4ccccc4)N=C3C)c(=O)n2C1c1ccc(Cl)cc1. The van der Waals surface area contributed by atoms with E-state index in [1.165, 1.54) is 16.3 Å². The van der Waals surface area contributed by atoms with Gasteiger partial charge in [0.2, 0.25) is 0 Å². The van der Waals surface area contributed by atoms with Gasteiger partial charge in [-0.1, -0.05) is 53.3 Å². The summed E-state index contributed by atoms with van der Waals surface area (Å²) in [6.45, 7) is 8.48. The largest absolute Gasteiger partial charge is 0.339 e. The fourth-order valence-corrected chi connectivity index (χ4v) is 6.11. The van der Waals surface area contributed by atoms with Crippen molar-refractivity contribution in [3.8, 4) is 0 Å². The maximum absolute atomic E-state index is 13.9. The van der Waals surface area contributed by atoms with Crippen LogP contribution in [0, 0.1) is 5.92 Å². The molecule has 0 spiro atoms. The lowest BCUT2D eigenvalue weighted by Gasteiger charge is -2.29. The number of aromatic nitrogens is 1. The van der Waals surface area contributed by atoms with Crippen LogP contribution in [0.3, 0.4) is 0 Å². The maximum Gasteiger partial charge on any atom is 0.270 e. The summed E-state index contributed by atoms with van der Waals surface area (Å²) >= 11 is 7.37. The van der Waals surface area contributed by atoms with Gasteiger partial charge in [-0.3, -0.25) is 19.0 Å². The minimum atomic E-state index is -0.682. The standard InChI is InChI=1S/C29H28ClN5O3S/c1-5-33(6-2)28(38)24-18(4)31-29-34(25(24)19-12-14-20(30)15-13-19)27(37)23(39-29)16-22-17(3)32-35(26(22)36)21-10-8-7-9-11-21/h7-16,22,25H,5-6H2,1-4H3/b23-16-.